The first kappa shape index (κ1) is 14.0. The van der Waals surface area contributed by atoms with Gasteiger partial charge in [-0.3, -0.25) is 4.79 Å². The van der Waals surface area contributed by atoms with Crippen molar-refractivity contribution in [1.82, 2.24) is 10.3 Å². The van der Waals surface area contributed by atoms with Crippen LogP contribution in [0.5, 0.6) is 0 Å². The number of hydrogen-bond donors (Lipinski definition) is 2. The van der Waals surface area contributed by atoms with Crippen molar-refractivity contribution in [3.05, 3.63) is 53.6 Å². The van der Waals surface area contributed by atoms with E-state index in [0.717, 1.165) is 17.0 Å². The molecule has 4 nitrogen and oxygen atoms in total. The van der Waals surface area contributed by atoms with Gasteiger partial charge in [0, 0.05) is 24.1 Å². The van der Waals surface area contributed by atoms with Crippen LogP contribution < -0.4 is 5.32 Å². The predicted molar refractivity (Wildman–Crippen MR) is 83.1 cm³/mol. The van der Waals surface area contributed by atoms with E-state index in [-0.39, 0.29) is 24.5 Å². The number of benzene rings is 1. The third-order valence-corrected chi connectivity index (χ3v) is 4.52. The molecule has 1 aliphatic carbocycles. The van der Waals surface area contributed by atoms with Crippen LogP contribution >= 0.6 is 11.3 Å². The maximum Gasteiger partial charge on any atom is 0.263 e. The first-order valence-electron chi connectivity index (χ1n) is 6.87. The Morgan fingerprint density at radius 3 is 2.86 bits per heavy atom. The summed E-state index contributed by atoms with van der Waals surface area (Å²) in [6.07, 6.45) is 6.27. The molecule has 0 unspecified atom stereocenters. The maximum absolute atomic E-state index is 12.2. The molecule has 1 heterocycles. The van der Waals surface area contributed by atoms with Gasteiger partial charge in [0.25, 0.3) is 5.91 Å². The van der Waals surface area contributed by atoms with E-state index in [4.69, 9.17) is 5.11 Å². The van der Waals surface area contributed by atoms with Gasteiger partial charge < -0.3 is 10.4 Å². The third kappa shape index (κ3) is 3.20. The van der Waals surface area contributed by atoms with Gasteiger partial charge in [0.2, 0.25) is 0 Å². The maximum atomic E-state index is 12.2. The Bertz CT molecular complexity index is 651. The molecule has 108 valence electrons. The first-order valence-corrected chi connectivity index (χ1v) is 7.69. The van der Waals surface area contributed by atoms with Gasteiger partial charge >= 0.3 is 0 Å². The highest BCUT2D eigenvalue weighted by atomic mass is 32.1. The Labute approximate surface area is 127 Å². The fourth-order valence-electron chi connectivity index (χ4n) is 2.35. The predicted octanol–water partition coefficient (Wildman–Crippen LogP) is 2.48. The summed E-state index contributed by atoms with van der Waals surface area (Å²) < 4.78 is 0. The first-order chi connectivity index (χ1) is 10.3. The fraction of sp³-hybridized carbons (Fsp3) is 0.250. The number of rotatable bonds is 4. The standard InChI is InChI=1S/C16H16N2O2S/c19-10-11-6-7-13(8-11)18-15(20)14-9-17-16(21-14)12-4-2-1-3-5-12/h1-7,9,11,13,19H,8,10H2,(H,18,20)/t11-,13+/m0/s1. The zero-order chi connectivity index (χ0) is 14.7. The molecule has 1 aliphatic rings. The average Bonchev–Trinajstić information content (AvgIpc) is 3.17. The van der Waals surface area contributed by atoms with Gasteiger partial charge in [-0.25, -0.2) is 4.98 Å². The topological polar surface area (TPSA) is 62.2 Å². The molecule has 1 aromatic heterocycles. The van der Waals surface area contributed by atoms with E-state index in [2.05, 4.69) is 10.3 Å². The van der Waals surface area contributed by atoms with E-state index >= 15 is 0 Å². The van der Waals surface area contributed by atoms with Crippen molar-refractivity contribution in [3.63, 3.8) is 0 Å². The number of nitrogens with one attached hydrogen (secondary N) is 1. The van der Waals surface area contributed by atoms with Crippen LogP contribution in [0.1, 0.15) is 16.1 Å². The van der Waals surface area contributed by atoms with E-state index < -0.39 is 0 Å². The lowest BCUT2D eigenvalue weighted by atomic mass is 10.1. The van der Waals surface area contributed by atoms with E-state index in [9.17, 15) is 4.79 Å². The molecule has 21 heavy (non-hydrogen) atoms. The lowest BCUT2D eigenvalue weighted by Crippen LogP contribution is -2.32. The van der Waals surface area contributed by atoms with Crippen molar-refractivity contribution in [2.24, 2.45) is 5.92 Å². The van der Waals surface area contributed by atoms with Crippen LogP contribution in [0.2, 0.25) is 0 Å². The van der Waals surface area contributed by atoms with Crippen LogP contribution in [-0.2, 0) is 0 Å². The number of hydrogen-bond acceptors (Lipinski definition) is 4. The zero-order valence-electron chi connectivity index (χ0n) is 11.4. The molecule has 0 spiro atoms. The van der Waals surface area contributed by atoms with E-state index in [1.165, 1.54) is 11.3 Å². The summed E-state index contributed by atoms with van der Waals surface area (Å²) in [6.45, 7) is 0.127. The highest BCUT2D eigenvalue weighted by Crippen LogP contribution is 2.25. The van der Waals surface area contributed by atoms with Crippen molar-refractivity contribution >= 4 is 17.2 Å². The molecule has 5 heteroatoms. The van der Waals surface area contributed by atoms with Crippen LogP contribution in [0.3, 0.4) is 0 Å². The quantitative estimate of drug-likeness (QED) is 0.853. The monoisotopic (exact) mass is 300 g/mol. The number of aliphatic hydroxyl groups excluding tert-OH is 1. The number of carbonyl (C=O) groups excluding carboxylic acids is 1. The molecular weight excluding hydrogens is 284 g/mol. The Morgan fingerprint density at radius 1 is 1.33 bits per heavy atom. The molecule has 0 saturated heterocycles. The second-order valence-electron chi connectivity index (χ2n) is 5.04. The Balaban J connectivity index is 1.66. The summed E-state index contributed by atoms with van der Waals surface area (Å²) in [6, 6.07) is 9.81. The number of aromatic nitrogens is 1. The molecule has 1 amide bonds. The minimum atomic E-state index is -0.108. The zero-order valence-corrected chi connectivity index (χ0v) is 12.2. The van der Waals surface area contributed by atoms with Gasteiger partial charge in [0.15, 0.2) is 0 Å². The Kier molecular flexibility index (Phi) is 4.13. The van der Waals surface area contributed by atoms with Crippen molar-refractivity contribution in [2.75, 3.05) is 6.61 Å². The van der Waals surface area contributed by atoms with Crippen LogP contribution in [0.25, 0.3) is 10.6 Å². The summed E-state index contributed by atoms with van der Waals surface area (Å²) in [5.74, 6) is 0.0413. The minimum absolute atomic E-state index is 0.00285. The second-order valence-corrected chi connectivity index (χ2v) is 6.07. The molecule has 0 radical (unpaired) electrons. The molecule has 1 aromatic carbocycles. The van der Waals surface area contributed by atoms with Gasteiger partial charge in [-0.15, -0.1) is 11.3 Å². The summed E-state index contributed by atoms with van der Waals surface area (Å²) in [5, 5.41) is 12.9. The Hall–Kier alpha value is -1.98. The normalized spacial score (nSPS) is 20.6. The fourth-order valence-corrected chi connectivity index (χ4v) is 3.17. The number of thiazole rings is 1. The van der Waals surface area contributed by atoms with E-state index in [1.54, 1.807) is 6.20 Å². The molecule has 2 aromatic rings. The van der Waals surface area contributed by atoms with Crippen molar-refractivity contribution in [3.8, 4) is 10.6 Å². The third-order valence-electron chi connectivity index (χ3n) is 3.47. The molecular formula is C16H16N2O2S. The van der Waals surface area contributed by atoms with Crippen molar-refractivity contribution in [2.45, 2.75) is 12.5 Å². The number of amides is 1. The van der Waals surface area contributed by atoms with Crippen LogP contribution in [0.15, 0.2) is 48.7 Å². The molecule has 0 bridgehead atoms. The molecule has 3 rings (SSSR count). The Morgan fingerprint density at radius 2 is 2.14 bits per heavy atom. The van der Waals surface area contributed by atoms with Gasteiger partial charge in [-0.2, -0.15) is 0 Å². The lowest BCUT2D eigenvalue weighted by molar-refractivity contribution is 0.0945. The van der Waals surface area contributed by atoms with Crippen LogP contribution in [-0.4, -0.2) is 28.6 Å². The smallest absolute Gasteiger partial charge is 0.263 e. The number of carbonyl (C=O) groups is 1. The average molecular weight is 300 g/mol. The van der Waals surface area contributed by atoms with E-state index in [0.29, 0.717) is 4.88 Å². The number of nitrogens with zero attached hydrogens (tertiary/aromatic N) is 1. The van der Waals surface area contributed by atoms with E-state index in [1.807, 2.05) is 42.5 Å². The van der Waals surface area contributed by atoms with Gasteiger partial charge in [0.05, 0.1) is 6.20 Å². The SMILES string of the molecule is O=C(N[C@@H]1C=C[C@H](CO)C1)c1cnc(-c2ccccc2)s1. The molecule has 0 saturated carbocycles. The lowest BCUT2D eigenvalue weighted by Gasteiger charge is -2.11. The largest absolute Gasteiger partial charge is 0.396 e. The molecule has 0 fully saturated rings. The summed E-state index contributed by atoms with van der Waals surface area (Å²) in [5.41, 5.74) is 1.02. The van der Waals surface area contributed by atoms with Gasteiger partial charge in [0.1, 0.15) is 9.88 Å². The van der Waals surface area contributed by atoms with Crippen molar-refractivity contribution in [1.29, 1.82) is 0 Å². The van der Waals surface area contributed by atoms with Gasteiger partial charge in [-0.1, -0.05) is 42.5 Å². The van der Waals surface area contributed by atoms with Gasteiger partial charge in [-0.05, 0) is 6.42 Å². The molecule has 2 N–H and O–H groups in total. The number of aliphatic hydroxyl groups is 1. The van der Waals surface area contributed by atoms with Crippen molar-refractivity contribution < 1.29 is 9.90 Å². The summed E-state index contributed by atoms with van der Waals surface area (Å²) in [4.78, 5) is 17.1. The highest BCUT2D eigenvalue weighted by molar-refractivity contribution is 7.16. The summed E-state index contributed by atoms with van der Waals surface area (Å²) in [7, 11) is 0. The van der Waals surface area contributed by atoms with Crippen LogP contribution in [0.4, 0.5) is 0 Å². The summed E-state index contributed by atoms with van der Waals surface area (Å²) >= 11 is 1.39. The minimum Gasteiger partial charge on any atom is -0.396 e. The second kappa shape index (κ2) is 6.20. The van der Waals surface area contributed by atoms with Crippen LogP contribution in [0, 0.1) is 5.92 Å². The molecule has 0 aliphatic heterocycles. The highest BCUT2D eigenvalue weighted by Gasteiger charge is 2.21. The molecule has 2 atom stereocenters.